The van der Waals surface area contributed by atoms with E-state index in [1.54, 1.807) is 38.1 Å². The van der Waals surface area contributed by atoms with Crippen LogP contribution in [0.3, 0.4) is 0 Å². The average Bonchev–Trinajstić information content (AvgIpc) is 3.30. The smallest absolute Gasteiger partial charge is 0.429 e. The number of hydrogen-bond donors (Lipinski definition) is 6. The van der Waals surface area contributed by atoms with Crippen LogP contribution >= 0.6 is 0 Å². The van der Waals surface area contributed by atoms with Gasteiger partial charge in [-0.05, 0) is 74.3 Å². The van der Waals surface area contributed by atoms with E-state index in [9.17, 15) is 38.9 Å². The van der Waals surface area contributed by atoms with E-state index in [0.29, 0.717) is 50.8 Å². The summed E-state index contributed by atoms with van der Waals surface area (Å²) in [6.45, 7) is 10.3. The number of nitrogens with one attached hydrogen (secondary N) is 5. The number of carbonyl (C=O) groups is 6. The number of benzene rings is 2. The number of carbonyl (C=O) groups excluding carboxylic acids is 6. The molecule has 7 N–H and O–H groups in total. The highest BCUT2D eigenvalue weighted by atomic mass is 16.7. The second-order valence-electron chi connectivity index (χ2n) is 16.4. The lowest BCUT2D eigenvalue weighted by atomic mass is 9.95. The number of anilines is 1. The molecule has 22 nitrogen and oxygen atoms in total. The minimum Gasteiger partial charge on any atom is -0.429 e. The molecule has 0 heterocycles. The minimum atomic E-state index is -1.07. The number of urea groups is 1. The zero-order valence-electron chi connectivity index (χ0n) is 39.6. The number of non-ortho nitro benzene ring substituents is 1. The number of nitro groups is 1. The van der Waals surface area contributed by atoms with Crippen molar-refractivity contribution in [3.05, 3.63) is 76.4 Å². The van der Waals surface area contributed by atoms with E-state index < -0.39 is 46.9 Å². The molecule has 1 fully saturated rings. The molecule has 1 aliphatic carbocycles. The average molecular weight is 972 g/mol. The van der Waals surface area contributed by atoms with E-state index >= 15 is 0 Å². The lowest BCUT2D eigenvalue weighted by Gasteiger charge is -2.25. The fourth-order valence-electron chi connectivity index (χ4n) is 6.67. The highest BCUT2D eigenvalue weighted by molar-refractivity contribution is 5.98. The van der Waals surface area contributed by atoms with Crippen LogP contribution in [-0.2, 0) is 54.2 Å². The predicted octanol–water partition coefficient (Wildman–Crippen LogP) is 4.19. The van der Waals surface area contributed by atoms with Crippen molar-refractivity contribution in [1.29, 1.82) is 0 Å². The monoisotopic (exact) mass is 971 g/mol. The Bertz CT molecular complexity index is 1920. The lowest BCUT2D eigenvalue weighted by Crippen LogP contribution is -2.54. The molecule has 22 heteroatoms. The summed E-state index contributed by atoms with van der Waals surface area (Å²) in [5, 5.41) is 24.3. The van der Waals surface area contributed by atoms with Crippen LogP contribution in [0.4, 0.5) is 21.0 Å². The molecule has 0 radical (unpaired) electrons. The van der Waals surface area contributed by atoms with E-state index in [1.165, 1.54) is 36.3 Å². The number of hydrogen-bond acceptors (Lipinski definition) is 15. The van der Waals surface area contributed by atoms with Crippen LogP contribution in [0.2, 0.25) is 0 Å². The van der Waals surface area contributed by atoms with Gasteiger partial charge in [0.1, 0.15) is 31.0 Å². The largest absolute Gasteiger partial charge is 0.514 e. The highest BCUT2D eigenvalue weighted by Crippen LogP contribution is 2.23. The maximum absolute atomic E-state index is 13.5. The standard InChI is InChI=1S/C47H69N7O15/c1-33(2)43(53-41(55)19-22-63-24-26-65-28-29-66-27-25-64-23-21-49-42(56)32-67-39-9-6-4-5-8-34(3)30-39)45(58)52-40(10-7-20-50-46(48)59)44(57)51-36-13-11-35(12-14-36)31-68-47(60)69-38-17-15-37(16-18-38)54(61)62/h11-18,33,39-40,43H,3-10,19-32H2,1-2H3,(H,49,56)(H,51,57)(H,52,58)(H,53,55)(H3,48,50,59)/t39?,40-,43-/m0/s1. The van der Waals surface area contributed by atoms with Gasteiger partial charge in [0.15, 0.2) is 0 Å². The number of ether oxygens (including phenoxy) is 7. The van der Waals surface area contributed by atoms with E-state index in [1.807, 2.05) is 0 Å². The van der Waals surface area contributed by atoms with E-state index in [4.69, 9.17) is 38.9 Å². The zero-order valence-corrected chi connectivity index (χ0v) is 39.6. The fourth-order valence-corrected chi connectivity index (χ4v) is 6.67. The maximum Gasteiger partial charge on any atom is 0.514 e. The van der Waals surface area contributed by atoms with Crippen LogP contribution < -0.4 is 37.1 Å². The third-order valence-electron chi connectivity index (χ3n) is 10.4. The van der Waals surface area contributed by atoms with Gasteiger partial charge in [0, 0.05) is 37.3 Å². The molecule has 1 aliphatic rings. The van der Waals surface area contributed by atoms with Crippen molar-refractivity contribution in [2.75, 3.05) is 77.9 Å². The van der Waals surface area contributed by atoms with Crippen molar-refractivity contribution >= 4 is 47.2 Å². The van der Waals surface area contributed by atoms with Crippen molar-refractivity contribution in [3.63, 3.8) is 0 Å². The van der Waals surface area contributed by atoms with Crippen molar-refractivity contribution in [2.45, 2.75) is 96.4 Å². The third-order valence-corrected chi connectivity index (χ3v) is 10.4. The first kappa shape index (κ1) is 57.1. The lowest BCUT2D eigenvalue weighted by molar-refractivity contribution is -0.384. The number of amides is 6. The number of nitro benzene ring substituents is 1. The van der Waals surface area contributed by atoms with Crippen molar-refractivity contribution in [3.8, 4) is 5.75 Å². The van der Waals surface area contributed by atoms with E-state index in [0.717, 1.165) is 32.1 Å². The molecule has 382 valence electrons. The Morgan fingerprint density at radius 1 is 0.783 bits per heavy atom. The molecule has 3 rings (SSSR count). The molecule has 3 atom stereocenters. The molecule has 0 aliphatic heterocycles. The van der Waals surface area contributed by atoms with Crippen molar-refractivity contribution < 1.29 is 66.8 Å². The number of nitrogens with two attached hydrogens (primary N) is 1. The summed E-state index contributed by atoms with van der Waals surface area (Å²) in [6, 6.07) is 8.42. The quantitative estimate of drug-likeness (QED) is 0.0150. The van der Waals surface area contributed by atoms with Gasteiger partial charge in [0.2, 0.25) is 23.6 Å². The Morgan fingerprint density at radius 3 is 2.07 bits per heavy atom. The second-order valence-corrected chi connectivity index (χ2v) is 16.4. The molecule has 0 aromatic heterocycles. The number of rotatable bonds is 32. The Kier molecular flexibility index (Phi) is 27.6. The molecule has 6 amide bonds. The summed E-state index contributed by atoms with van der Waals surface area (Å²) in [4.78, 5) is 85.5. The molecule has 1 saturated carbocycles. The summed E-state index contributed by atoms with van der Waals surface area (Å²) >= 11 is 0. The van der Waals surface area contributed by atoms with Crippen LogP contribution in [0, 0.1) is 16.0 Å². The summed E-state index contributed by atoms with van der Waals surface area (Å²) < 4.78 is 38.0. The SMILES string of the molecule is C=C1CCCCCC(OCC(=O)NCCOCCOCCOCCOCCC(=O)N[C@H](C(=O)N[C@@H](CCCNC(N)=O)C(=O)Nc2ccc(COC(=O)Oc3ccc([N+](=O)[O-])cc3)cc2)C(C)C)C1. The first-order valence-electron chi connectivity index (χ1n) is 23.2. The third kappa shape index (κ3) is 25.7. The first-order chi connectivity index (χ1) is 33.2. The second kappa shape index (κ2) is 33.3. The van der Waals surface area contributed by atoms with Crippen LogP contribution in [0.1, 0.15) is 77.2 Å². The molecule has 2 aromatic rings. The number of primary amides is 1. The first-order valence-corrected chi connectivity index (χ1v) is 23.2. The molecular formula is C47H69N7O15. The zero-order chi connectivity index (χ0) is 50.2. The van der Waals surface area contributed by atoms with E-state index in [-0.39, 0.29) is 88.2 Å². The summed E-state index contributed by atoms with van der Waals surface area (Å²) in [5.74, 6) is -2.04. The molecule has 0 bridgehead atoms. The molecule has 69 heavy (non-hydrogen) atoms. The molecule has 0 spiro atoms. The van der Waals surface area contributed by atoms with Gasteiger partial charge in [-0.1, -0.05) is 51.0 Å². The van der Waals surface area contributed by atoms with Gasteiger partial charge in [-0.2, -0.15) is 0 Å². The number of nitrogens with zero attached hydrogens (tertiary/aromatic N) is 1. The normalized spacial score (nSPS) is 14.6. The van der Waals surface area contributed by atoms with Gasteiger partial charge in [0.25, 0.3) is 5.69 Å². The van der Waals surface area contributed by atoms with Crippen molar-refractivity contribution in [2.24, 2.45) is 11.7 Å². The minimum absolute atomic E-state index is 0.0265. The Hall–Kier alpha value is -6.20. The highest BCUT2D eigenvalue weighted by Gasteiger charge is 2.29. The topological polar surface area (TPSA) is 296 Å². The van der Waals surface area contributed by atoms with Gasteiger partial charge in [0.05, 0.1) is 63.9 Å². The van der Waals surface area contributed by atoms with Gasteiger partial charge in [-0.25, -0.2) is 9.59 Å². The molecule has 2 aromatic carbocycles. The Morgan fingerprint density at radius 2 is 1.43 bits per heavy atom. The van der Waals surface area contributed by atoms with Gasteiger partial charge >= 0.3 is 12.2 Å². The predicted molar refractivity (Wildman–Crippen MR) is 252 cm³/mol. The summed E-state index contributed by atoms with van der Waals surface area (Å²) in [6.07, 6.45) is 5.62. The summed E-state index contributed by atoms with van der Waals surface area (Å²) in [7, 11) is 0. The van der Waals surface area contributed by atoms with Crippen LogP contribution in [-0.4, -0.2) is 131 Å². The summed E-state index contributed by atoms with van der Waals surface area (Å²) in [5.41, 5.74) is 7.11. The Labute approximate surface area is 402 Å². The van der Waals surface area contributed by atoms with Crippen LogP contribution in [0.5, 0.6) is 5.75 Å². The van der Waals surface area contributed by atoms with Gasteiger partial charge < -0.3 is 65.5 Å². The van der Waals surface area contributed by atoms with E-state index in [2.05, 4.69) is 33.2 Å². The maximum atomic E-state index is 13.5. The van der Waals surface area contributed by atoms with Gasteiger partial charge in [-0.3, -0.25) is 29.3 Å². The van der Waals surface area contributed by atoms with Crippen LogP contribution in [0.25, 0.3) is 0 Å². The molecule has 1 unspecified atom stereocenters. The van der Waals surface area contributed by atoms with Crippen LogP contribution in [0.15, 0.2) is 60.7 Å². The van der Waals surface area contributed by atoms with Gasteiger partial charge in [-0.15, -0.1) is 0 Å². The molecular weight excluding hydrogens is 903 g/mol. The molecule has 0 saturated heterocycles. The fraction of sp³-hybridized carbons (Fsp3) is 0.574. The van der Waals surface area contributed by atoms with Crippen molar-refractivity contribution in [1.82, 2.24) is 21.3 Å². The Balaban J connectivity index is 1.28.